The Bertz CT molecular complexity index is 1450. The number of aromatic carboxylic acids is 1. The lowest BCUT2D eigenvalue weighted by Gasteiger charge is -2.72. The molecule has 1 aromatic rings. The summed E-state index contributed by atoms with van der Waals surface area (Å²) in [6, 6.07) is 7.48. The fourth-order valence-corrected chi connectivity index (χ4v) is 13.2. The third-order valence-electron chi connectivity index (χ3n) is 15.7. The van der Waals surface area contributed by atoms with Crippen LogP contribution in [0.5, 0.6) is 0 Å². The molecule has 5 nitrogen and oxygen atoms in total. The third-order valence-corrected chi connectivity index (χ3v) is 15.7. The van der Waals surface area contributed by atoms with Crippen LogP contribution < -0.4 is 5.32 Å². The number of halogens is 2. The van der Waals surface area contributed by atoms with Gasteiger partial charge in [-0.2, -0.15) is 0 Å². The molecule has 6 aliphatic rings. The normalized spacial score (nSPS) is 42.2. The molecule has 7 rings (SSSR count). The number of benzene rings is 1. The van der Waals surface area contributed by atoms with Crippen LogP contribution in [0.15, 0.2) is 30.3 Å². The first kappa shape index (κ1) is 33.2. The number of fused-ring (bicyclic) bond motifs is 7. The van der Waals surface area contributed by atoms with E-state index in [0.717, 1.165) is 37.7 Å². The molecule has 1 amide bonds. The molecule has 1 aromatic carbocycles. The number of nitrogens with one attached hydrogen (secondary N) is 1. The summed E-state index contributed by atoms with van der Waals surface area (Å²) >= 11 is 0. The van der Waals surface area contributed by atoms with Crippen LogP contribution in [0.4, 0.5) is 8.78 Å². The van der Waals surface area contributed by atoms with E-state index >= 15 is 0 Å². The summed E-state index contributed by atoms with van der Waals surface area (Å²) in [5, 5.41) is 13.0. The Morgan fingerprint density at radius 3 is 2.21 bits per heavy atom. The van der Waals surface area contributed by atoms with E-state index < -0.39 is 11.9 Å². The quantitative estimate of drug-likeness (QED) is 0.334. The summed E-state index contributed by atoms with van der Waals surface area (Å²) in [7, 11) is 0. The number of hydrogen-bond donors (Lipinski definition) is 2. The Morgan fingerprint density at radius 2 is 1.53 bits per heavy atom. The zero-order valence-corrected chi connectivity index (χ0v) is 29.3. The molecular formula is C40H56F2N2O3. The topological polar surface area (TPSA) is 69.6 Å². The number of rotatable bonds is 5. The number of carboxylic acids is 1. The number of alkyl halides is 2. The molecule has 0 spiro atoms. The number of piperidine rings is 1. The highest BCUT2D eigenvalue weighted by molar-refractivity contribution is 5.88. The monoisotopic (exact) mass is 650 g/mol. The van der Waals surface area contributed by atoms with Gasteiger partial charge in [0.05, 0.1) is 12.1 Å². The van der Waals surface area contributed by atoms with Crippen LogP contribution in [0.3, 0.4) is 0 Å². The van der Waals surface area contributed by atoms with Gasteiger partial charge in [0.25, 0.3) is 5.92 Å². The largest absolute Gasteiger partial charge is 0.478 e. The van der Waals surface area contributed by atoms with Crippen molar-refractivity contribution in [1.29, 1.82) is 0 Å². The van der Waals surface area contributed by atoms with Crippen molar-refractivity contribution in [2.24, 2.45) is 45.3 Å². The predicted molar refractivity (Wildman–Crippen MR) is 181 cm³/mol. The second-order valence-electron chi connectivity index (χ2n) is 17.9. The van der Waals surface area contributed by atoms with Gasteiger partial charge >= 0.3 is 5.97 Å². The first-order chi connectivity index (χ1) is 22.0. The van der Waals surface area contributed by atoms with E-state index in [0.29, 0.717) is 42.3 Å². The lowest BCUT2D eigenvalue weighted by molar-refractivity contribution is -0.217. The molecule has 1 aliphatic heterocycles. The lowest BCUT2D eigenvalue weighted by atomic mass is 9.33. The SMILES string of the molecule is CC1(C)C(c2ccc(C(=O)O)cc2)=CC[C@@]2(C)C1CC[C@]1(C)C2CC[C@@H]2C3CCC[C@]3(NC(=O)CN3CCC(F)(F)CC3)CC[C@]21C. The van der Waals surface area contributed by atoms with Crippen molar-refractivity contribution in [1.82, 2.24) is 10.2 Å². The fraction of sp³-hybridized carbons (Fsp3) is 0.750. The Morgan fingerprint density at radius 1 is 0.830 bits per heavy atom. The van der Waals surface area contributed by atoms with E-state index in [-0.39, 0.29) is 52.5 Å². The maximum absolute atomic E-state index is 13.7. The van der Waals surface area contributed by atoms with E-state index in [1.54, 1.807) is 12.1 Å². The summed E-state index contributed by atoms with van der Waals surface area (Å²) in [6.45, 7) is 13.5. The smallest absolute Gasteiger partial charge is 0.335 e. The maximum atomic E-state index is 13.7. The molecule has 258 valence electrons. The molecule has 8 atom stereocenters. The number of carbonyl (C=O) groups excluding carboxylic acids is 1. The van der Waals surface area contributed by atoms with Gasteiger partial charge in [-0.1, -0.05) is 59.2 Å². The highest BCUT2D eigenvalue weighted by Gasteiger charge is 2.69. The minimum absolute atomic E-state index is 0.0153. The van der Waals surface area contributed by atoms with Crippen molar-refractivity contribution >= 4 is 17.4 Å². The first-order valence-corrected chi connectivity index (χ1v) is 18.5. The third kappa shape index (κ3) is 5.05. The number of allylic oxidation sites excluding steroid dienone is 2. The summed E-state index contributed by atoms with van der Waals surface area (Å²) < 4.78 is 27.5. The minimum Gasteiger partial charge on any atom is -0.478 e. The van der Waals surface area contributed by atoms with Crippen molar-refractivity contribution < 1.29 is 23.5 Å². The van der Waals surface area contributed by atoms with Gasteiger partial charge in [-0.05, 0) is 126 Å². The average molecular weight is 651 g/mol. The molecular weight excluding hydrogens is 594 g/mol. The van der Waals surface area contributed by atoms with Crippen molar-refractivity contribution in [3.05, 3.63) is 41.5 Å². The molecule has 3 unspecified atom stereocenters. The fourth-order valence-electron chi connectivity index (χ4n) is 13.2. The Balaban J connectivity index is 1.11. The van der Waals surface area contributed by atoms with Crippen LogP contribution in [0.1, 0.15) is 128 Å². The number of nitrogens with zero attached hydrogens (tertiary/aromatic N) is 1. The van der Waals surface area contributed by atoms with E-state index in [2.05, 4.69) is 46.0 Å². The molecule has 7 heteroatoms. The van der Waals surface area contributed by atoms with Crippen LogP contribution in [0, 0.1) is 45.3 Å². The zero-order valence-electron chi connectivity index (χ0n) is 29.3. The molecule has 0 radical (unpaired) electrons. The maximum Gasteiger partial charge on any atom is 0.335 e. The van der Waals surface area contributed by atoms with Crippen LogP contribution in [0.2, 0.25) is 0 Å². The molecule has 0 bridgehead atoms. The second kappa shape index (κ2) is 11.1. The molecule has 4 saturated carbocycles. The highest BCUT2D eigenvalue weighted by atomic mass is 19.3. The average Bonchev–Trinajstić information content (AvgIpc) is 3.42. The van der Waals surface area contributed by atoms with Crippen LogP contribution in [0.25, 0.3) is 5.57 Å². The number of hydrogen-bond acceptors (Lipinski definition) is 3. The minimum atomic E-state index is -2.59. The van der Waals surface area contributed by atoms with Gasteiger partial charge in [0.1, 0.15) is 0 Å². The van der Waals surface area contributed by atoms with Gasteiger partial charge in [-0.15, -0.1) is 0 Å². The lowest BCUT2D eigenvalue weighted by Crippen LogP contribution is -2.68. The second-order valence-corrected chi connectivity index (χ2v) is 17.9. The van der Waals surface area contributed by atoms with Gasteiger partial charge in [-0.25, -0.2) is 13.6 Å². The highest BCUT2D eigenvalue weighted by Crippen LogP contribution is 2.76. The number of likely N-dealkylation sites (tertiary alicyclic amines) is 1. The van der Waals surface area contributed by atoms with Crippen molar-refractivity contribution in [2.75, 3.05) is 19.6 Å². The van der Waals surface area contributed by atoms with Gasteiger partial charge in [-0.3, -0.25) is 9.69 Å². The molecule has 5 aliphatic carbocycles. The molecule has 1 heterocycles. The molecule has 47 heavy (non-hydrogen) atoms. The number of amides is 1. The van der Waals surface area contributed by atoms with E-state index in [9.17, 15) is 23.5 Å². The van der Waals surface area contributed by atoms with E-state index in [1.807, 2.05) is 17.0 Å². The summed E-state index contributed by atoms with van der Waals surface area (Å²) in [6.07, 6.45) is 13.7. The zero-order chi connectivity index (χ0) is 33.6. The summed E-state index contributed by atoms with van der Waals surface area (Å²) in [4.78, 5) is 26.9. The van der Waals surface area contributed by atoms with Gasteiger partial charge in [0.2, 0.25) is 5.91 Å². The van der Waals surface area contributed by atoms with Gasteiger partial charge in [0, 0.05) is 31.5 Å². The molecule has 2 N–H and O–H groups in total. The van der Waals surface area contributed by atoms with Crippen molar-refractivity contribution in [3.63, 3.8) is 0 Å². The number of carboxylic acid groups (broad SMARTS) is 1. The summed E-state index contributed by atoms with van der Waals surface area (Å²) in [5.41, 5.74) is 3.32. The van der Waals surface area contributed by atoms with Gasteiger partial charge in [0.15, 0.2) is 0 Å². The van der Waals surface area contributed by atoms with Crippen molar-refractivity contribution in [2.45, 2.75) is 123 Å². The van der Waals surface area contributed by atoms with Gasteiger partial charge < -0.3 is 10.4 Å². The Kier molecular flexibility index (Phi) is 7.86. The van der Waals surface area contributed by atoms with E-state index in [1.165, 1.54) is 37.7 Å². The molecule has 5 fully saturated rings. The van der Waals surface area contributed by atoms with Crippen LogP contribution in [-0.4, -0.2) is 53.0 Å². The molecule has 0 aromatic heterocycles. The summed E-state index contributed by atoms with van der Waals surface area (Å²) in [5.74, 6) is -1.19. The van der Waals surface area contributed by atoms with Crippen LogP contribution >= 0.6 is 0 Å². The first-order valence-electron chi connectivity index (χ1n) is 18.5. The van der Waals surface area contributed by atoms with Crippen LogP contribution in [-0.2, 0) is 4.79 Å². The van der Waals surface area contributed by atoms with E-state index in [4.69, 9.17) is 0 Å². The standard InChI is InChI=1S/C40H56F2N2O3/c1-35(2)28(26-8-10-27(11-9-26)34(46)47)14-17-36(3)31(35)15-18-38(5)32(36)13-12-29-30-7-6-16-39(30,20-19-37(29,38)4)43-33(45)25-44-23-21-40(41,42)22-24-44/h8-11,14,29-32H,6-7,12-13,15-25H2,1-5H3,(H,43,45)(H,46,47)/t29-,30?,31?,32?,36+,37-,38-,39+/m1/s1. The Labute approximate surface area is 280 Å². The predicted octanol–water partition coefficient (Wildman–Crippen LogP) is 8.83. The Hall–Kier alpha value is -2.28. The van der Waals surface area contributed by atoms with Crippen molar-refractivity contribution in [3.8, 4) is 0 Å². The molecule has 1 saturated heterocycles. The number of carbonyl (C=O) groups is 2.